The minimum atomic E-state index is -0.170. The smallest absolute Gasteiger partial charge is 0.116 e. The number of ether oxygens (including phenoxy) is 2. The fourth-order valence-electron chi connectivity index (χ4n) is 3.11. The van der Waals surface area contributed by atoms with Crippen molar-refractivity contribution in [1.29, 1.82) is 0 Å². The molecule has 0 aromatic carbocycles. The summed E-state index contributed by atoms with van der Waals surface area (Å²) in [5.74, 6) is 0. The van der Waals surface area contributed by atoms with Crippen LogP contribution < -0.4 is 5.32 Å². The van der Waals surface area contributed by atoms with Gasteiger partial charge in [0.05, 0.1) is 18.3 Å². The van der Waals surface area contributed by atoms with Crippen LogP contribution in [-0.2, 0) is 9.47 Å². The molecule has 2 aliphatic heterocycles. The molecule has 0 amide bonds. The molecule has 0 radical (unpaired) electrons. The fourth-order valence-corrected chi connectivity index (χ4v) is 3.11. The van der Waals surface area contributed by atoms with Crippen LogP contribution >= 0.6 is 0 Å². The SMILES string of the molecule is CC(C)O[C@H]1CCN(C(C)(C)OC2CCNCC2)C1. The van der Waals surface area contributed by atoms with Crippen LogP contribution in [0.5, 0.6) is 0 Å². The van der Waals surface area contributed by atoms with E-state index in [1.165, 1.54) is 0 Å². The third-order valence-electron chi connectivity index (χ3n) is 4.11. The van der Waals surface area contributed by atoms with Crippen LogP contribution in [0.1, 0.15) is 47.0 Å². The first-order valence-corrected chi connectivity index (χ1v) is 7.76. The lowest BCUT2D eigenvalue weighted by Gasteiger charge is -2.39. The van der Waals surface area contributed by atoms with Crippen molar-refractivity contribution in [2.24, 2.45) is 0 Å². The highest BCUT2D eigenvalue weighted by atomic mass is 16.5. The van der Waals surface area contributed by atoms with Gasteiger partial charge in [-0.15, -0.1) is 0 Å². The van der Waals surface area contributed by atoms with E-state index in [9.17, 15) is 0 Å². The van der Waals surface area contributed by atoms with Gasteiger partial charge >= 0.3 is 0 Å². The summed E-state index contributed by atoms with van der Waals surface area (Å²) >= 11 is 0. The second-order valence-electron chi connectivity index (χ2n) is 6.56. The first-order valence-electron chi connectivity index (χ1n) is 7.76. The van der Waals surface area contributed by atoms with Gasteiger partial charge < -0.3 is 14.8 Å². The van der Waals surface area contributed by atoms with Crippen LogP contribution in [0, 0.1) is 0 Å². The summed E-state index contributed by atoms with van der Waals surface area (Å²) in [6.45, 7) is 12.9. The molecule has 4 heteroatoms. The average Bonchev–Trinajstić information content (AvgIpc) is 2.78. The van der Waals surface area contributed by atoms with Gasteiger partial charge in [-0.3, -0.25) is 4.90 Å². The highest BCUT2D eigenvalue weighted by Gasteiger charge is 2.36. The van der Waals surface area contributed by atoms with E-state index in [4.69, 9.17) is 9.47 Å². The van der Waals surface area contributed by atoms with Gasteiger partial charge in [0.25, 0.3) is 0 Å². The maximum atomic E-state index is 6.35. The minimum Gasteiger partial charge on any atom is -0.374 e. The lowest BCUT2D eigenvalue weighted by atomic mass is 10.1. The summed E-state index contributed by atoms with van der Waals surface area (Å²) < 4.78 is 12.3. The lowest BCUT2D eigenvalue weighted by molar-refractivity contribution is -0.167. The van der Waals surface area contributed by atoms with Crippen molar-refractivity contribution in [3.05, 3.63) is 0 Å². The Morgan fingerprint density at radius 2 is 1.79 bits per heavy atom. The standard InChI is InChI=1S/C15H30N2O2/c1-12(2)18-14-7-10-17(11-14)15(3,4)19-13-5-8-16-9-6-13/h12-14,16H,5-11H2,1-4H3/t14-/m0/s1. The first-order chi connectivity index (χ1) is 8.97. The number of nitrogens with one attached hydrogen (secondary N) is 1. The van der Waals surface area contributed by atoms with Crippen molar-refractivity contribution < 1.29 is 9.47 Å². The molecule has 0 unspecified atom stereocenters. The van der Waals surface area contributed by atoms with Crippen LogP contribution in [0.25, 0.3) is 0 Å². The second kappa shape index (κ2) is 6.53. The fraction of sp³-hybridized carbons (Fsp3) is 1.00. The van der Waals surface area contributed by atoms with Crippen LogP contribution in [0.3, 0.4) is 0 Å². The number of rotatable bonds is 5. The Morgan fingerprint density at radius 3 is 2.42 bits per heavy atom. The summed E-state index contributed by atoms with van der Waals surface area (Å²) in [6.07, 6.45) is 4.47. The summed E-state index contributed by atoms with van der Waals surface area (Å²) in [5.41, 5.74) is -0.170. The third kappa shape index (κ3) is 4.42. The zero-order chi connectivity index (χ0) is 13.9. The minimum absolute atomic E-state index is 0.170. The molecular formula is C15H30N2O2. The average molecular weight is 270 g/mol. The highest BCUT2D eigenvalue weighted by Crippen LogP contribution is 2.27. The molecule has 0 bridgehead atoms. The van der Waals surface area contributed by atoms with E-state index in [0.29, 0.717) is 18.3 Å². The predicted octanol–water partition coefficient (Wildman–Crippen LogP) is 1.99. The van der Waals surface area contributed by atoms with Crippen LogP contribution in [0.4, 0.5) is 0 Å². The van der Waals surface area contributed by atoms with E-state index in [2.05, 4.69) is 37.9 Å². The molecule has 2 heterocycles. The van der Waals surface area contributed by atoms with Crippen LogP contribution in [-0.4, -0.2) is 55.1 Å². The van der Waals surface area contributed by atoms with Crippen LogP contribution in [0.15, 0.2) is 0 Å². The summed E-state index contributed by atoms with van der Waals surface area (Å²) in [7, 11) is 0. The zero-order valence-electron chi connectivity index (χ0n) is 12.9. The van der Waals surface area contributed by atoms with Crippen molar-refractivity contribution in [2.45, 2.75) is 71.0 Å². The van der Waals surface area contributed by atoms with Gasteiger partial charge in [0.1, 0.15) is 5.72 Å². The molecule has 0 aromatic heterocycles. The van der Waals surface area contributed by atoms with Crippen LogP contribution in [0.2, 0.25) is 0 Å². The van der Waals surface area contributed by atoms with E-state index in [1.54, 1.807) is 0 Å². The molecule has 4 nitrogen and oxygen atoms in total. The Hall–Kier alpha value is -0.160. The number of nitrogens with zero attached hydrogens (tertiary/aromatic N) is 1. The van der Waals surface area contributed by atoms with Crippen molar-refractivity contribution in [3.63, 3.8) is 0 Å². The predicted molar refractivity (Wildman–Crippen MR) is 77.3 cm³/mol. The van der Waals surface area contributed by atoms with E-state index < -0.39 is 0 Å². The van der Waals surface area contributed by atoms with Crippen molar-refractivity contribution in [1.82, 2.24) is 10.2 Å². The quantitative estimate of drug-likeness (QED) is 0.828. The number of hydrogen-bond donors (Lipinski definition) is 1. The Labute approximate surface area is 117 Å². The van der Waals surface area contributed by atoms with Crippen molar-refractivity contribution >= 4 is 0 Å². The normalized spacial score (nSPS) is 27.3. The Bertz CT molecular complexity index is 275. The molecule has 0 saturated carbocycles. The molecule has 2 saturated heterocycles. The first kappa shape index (κ1) is 15.2. The molecule has 1 atom stereocenters. The molecule has 2 aliphatic rings. The summed E-state index contributed by atoms with van der Waals surface area (Å²) in [6, 6.07) is 0. The van der Waals surface area contributed by atoms with Gasteiger partial charge in [0, 0.05) is 13.1 Å². The second-order valence-corrected chi connectivity index (χ2v) is 6.56. The highest BCUT2D eigenvalue weighted by molar-refractivity contribution is 4.84. The van der Waals surface area contributed by atoms with Crippen molar-refractivity contribution in [2.75, 3.05) is 26.2 Å². The molecule has 19 heavy (non-hydrogen) atoms. The zero-order valence-corrected chi connectivity index (χ0v) is 12.9. The molecule has 112 valence electrons. The largest absolute Gasteiger partial charge is 0.374 e. The lowest BCUT2D eigenvalue weighted by Crippen LogP contribution is -2.49. The molecule has 2 fully saturated rings. The van der Waals surface area contributed by atoms with Gasteiger partial charge in [-0.1, -0.05) is 0 Å². The Balaban J connectivity index is 1.82. The molecule has 1 N–H and O–H groups in total. The Morgan fingerprint density at radius 1 is 1.11 bits per heavy atom. The maximum absolute atomic E-state index is 6.35. The molecular weight excluding hydrogens is 240 g/mol. The van der Waals surface area contributed by atoms with Gasteiger partial charge in [-0.05, 0) is 60.0 Å². The summed E-state index contributed by atoms with van der Waals surface area (Å²) in [4.78, 5) is 2.43. The molecule has 0 aromatic rings. The van der Waals surface area contributed by atoms with Gasteiger partial charge in [-0.2, -0.15) is 0 Å². The van der Waals surface area contributed by atoms with E-state index in [1.807, 2.05) is 0 Å². The molecule has 0 spiro atoms. The molecule has 0 aliphatic carbocycles. The molecule has 2 rings (SSSR count). The van der Waals surface area contributed by atoms with E-state index in [-0.39, 0.29) is 5.72 Å². The monoisotopic (exact) mass is 270 g/mol. The number of hydrogen-bond acceptors (Lipinski definition) is 4. The van der Waals surface area contributed by atoms with Gasteiger partial charge in [0.2, 0.25) is 0 Å². The third-order valence-corrected chi connectivity index (χ3v) is 4.11. The topological polar surface area (TPSA) is 33.7 Å². The Kier molecular flexibility index (Phi) is 5.23. The summed E-state index contributed by atoms with van der Waals surface area (Å²) in [5, 5.41) is 3.39. The van der Waals surface area contributed by atoms with E-state index in [0.717, 1.165) is 45.4 Å². The maximum Gasteiger partial charge on any atom is 0.116 e. The van der Waals surface area contributed by atoms with Gasteiger partial charge in [-0.25, -0.2) is 0 Å². The van der Waals surface area contributed by atoms with Gasteiger partial charge in [0.15, 0.2) is 0 Å². The number of piperidine rings is 1. The van der Waals surface area contributed by atoms with E-state index >= 15 is 0 Å². The number of likely N-dealkylation sites (tertiary alicyclic amines) is 1. The van der Waals surface area contributed by atoms with Crippen molar-refractivity contribution in [3.8, 4) is 0 Å².